The molecule has 0 spiro atoms. The molecule has 0 radical (unpaired) electrons. The molecule has 1 aromatic rings. The minimum absolute atomic E-state index is 0.588. The normalized spacial score (nSPS) is 15.5. The molecule has 14 heavy (non-hydrogen) atoms. The van der Waals surface area contributed by atoms with Crippen molar-refractivity contribution in [3.8, 4) is 0 Å². The molecule has 1 rings (SSSR count). The van der Waals surface area contributed by atoms with Gasteiger partial charge in [-0.2, -0.15) is 0 Å². The Morgan fingerprint density at radius 3 is 2.14 bits per heavy atom. The minimum Gasteiger partial charge on any atom is -0.0884 e. The lowest BCUT2D eigenvalue weighted by molar-refractivity contribution is 0.479. The summed E-state index contributed by atoms with van der Waals surface area (Å²) in [5.74, 6) is 1.31. The summed E-state index contributed by atoms with van der Waals surface area (Å²) in [7, 11) is 0. The monoisotopic (exact) mass is 254 g/mol. The Bertz CT molecular complexity index is 253. The molecule has 1 aromatic carbocycles. The van der Waals surface area contributed by atoms with Crippen LogP contribution in [0.1, 0.15) is 38.7 Å². The molecule has 0 aliphatic heterocycles. The number of hydrogen-bond donors (Lipinski definition) is 0. The van der Waals surface area contributed by atoms with Crippen LogP contribution in [0.4, 0.5) is 0 Å². The van der Waals surface area contributed by atoms with Crippen LogP contribution >= 0.6 is 15.9 Å². The molecule has 2 atom stereocenters. The van der Waals surface area contributed by atoms with Gasteiger partial charge in [0.1, 0.15) is 0 Å². The van der Waals surface area contributed by atoms with Crippen molar-refractivity contribution >= 4 is 15.9 Å². The molecule has 0 amide bonds. The van der Waals surface area contributed by atoms with Crippen LogP contribution in [-0.2, 0) is 0 Å². The fourth-order valence-corrected chi connectivity index (χ4v) is 2.86. The number of alkyl halides is 1. The van der Waals surface area contributed by atoms with Crippen LogP contribution in [0, 0.1) is 5.92 Å². The highest BCUT2D eigenvalue weighted by Gasteiger charge is 2.22. The van der Waals surface area contributed by atoms with Crippen LogP contribution in [0.25, 0.3) is 0 Å². The second kappa shape index (κ2) is 5.55. The van der Waals surface area contributed by atoms with Gasteiger partial charge in [0.15, 0.2) is 0 Å². The average Bonchev–Trinajstić information content (AvgIpc) is 2.19. The topological polar surface area (TPSA) is 0 Å². The van der Waals surface area contributed by atoms with Gasteiger partial charge in [-0.05, 0) is 23.8 Å². The van der Waals surface area contributed by atoms with Gasteiger partial charge in [-0.3, -0.25) is 0 Å². The first-order valence-electron chi connectivity index (χ1n) is 5.35. The molecule has 0 nitrogen and oxygen atoms in total. The van der Waals surface area contributed by atoms with Crippen molar-refractivity contribution in [3.05, 3.63) is 35.9 Å². The van der Waals surface area contributed by atoms with Gasteiger partial charge in [0.25, 0.3) is 0 Å². The SMILES string of the molecule is CCC(Br)C(c1ccccc1)C(C)C. The molecule has 0 bridgehead atoms. The summed E-state index contributed by atoms with van der Waals surface area (Å²) < 4.78 is 0. The fourth-order valence-electron chi connectivity index (χ4n) is 1.94. The van der Waals surface area contributed by atoms with Crippen LogP contribution in [-0.4, -0.2) is 4.83 Å². The molecule has 0 saturated carbocycles. The fraction of sp³-hybridized carbons (Fsp3) is 0.538. The van der Waals surface area contributed by atoms with Crippen molar-refractivity contribution in [2.45, 2.75) is 37.9 Å². The van der Waals surface area contributed by atoms with Gasteiger partial charge in [0.2, 0.25) is 0 Å². The zero-order valence-corrected chi connectivity index (χ0v) is 10.8. The maximum atomic E-state index is 3.78. The zero-order chi connectivity index (χ0) is 10.6. The van der Waals surface area contributed by atoms with E-state index in [2.05, 4.69) is 67.0 Å². The van der Waals surface area contributed by atoms with Crippen LogP contribution in [0.2, 0.25) is 0 Å². The molecule has 1 heteroatoms. The van der Waals surface area contributed by atoms with Crippen molar-refractivity contribution in [2.24, 2.45) is 5.92 Å². The first-order valence-corrected chi connectivity index (χ1v) is 6.27. The van der Waals surface area contributed by atoms with Crippen LogP contribution in [0.3, 0.4) is 0 Å². The summed E-state index contributed by atoms with van der Waals surface area (Å²) in [5.41, 5.74) is 1.45. The van der Waals surface area contributed by atoms with Crippen molar-refractivity contribution in [2.75, 3.05) is 0 Å². The maximum Gasteiger partial charge on any atom is 0.0214 e. The number of hydrogen-bond acceptors (Lipinski definition) is 0. The molecular formula is C13H19Br. The lowest BCUT2D eigenvalue weighted by Crippen LogP contribution is -2.17. The van der Waals surface area contributed by atoms with E-state index in [-0.39, 0.29) is 0 Å². The number of rotatable bonds is 4. The van der Waals surface area contributed by atoms with Gasteiger partial charge >= 0.3 is 0 Å². The lowest BCUT2D eigenvalue weighted by atomic mass is 9.85. The Kier molecular flexibility index (Phi) is 4.67. The predicted octanol–water partition coefficient (Wildman–Crippen LogP) is 4.60. The van der Waals surface area contributed by atoms with Crippen LogP contribution in [0.15, 0.2) is 30.3 Å². The Balaban J connectivity index is 2.89. The highest BCUT2D eigenvalue weighted by molar-refractivity contribution is 9.09. The van der Waals surface area contributed by atoms with Crippen molar-refractivity contribution in [1.29, 1.82) is 0 Å². The van der Waals surface area contributed by atoms with E-state index in [9.17, 15) is 0 Å². The Labute approximate surface area is 95.9 Å². The van der Waals surface area contributed by atoms with Gasteiger partial charge in [0.05, 0.1) is 0 Å². The smallest absolute Gasteiger partial charge is 0.0214 e. The van der Waals surface area contributed by atoms with E-state index in [0.29, 0.717) is 16.7 Å². The van der Waals surface area contributed by atoms with Crippen LogP contribution in [0.5, 0.6) is 0 Å². The average molecular weight is 255 g/mol. The first kappa shape index (κ1) is 11.8. The highest BCUT2D eigenvalue weighted by Crippen LogP contribution is 2.33. The van der Waals surface area contributed by atoms with Crippen LogP contribution < -0.4 is 0 Å². The molecular weight excluding hydrogens is 236 g/mol. The van der Waals surface area contributed by atoms with E-state index >= 15 is 0 Å². The molecule has 0 aliphatic carbocycles. The molecule has 0 fully saturated rings. The molecule has 0 heterocycles. The summed E-state index contributed by atoms with van der Waals surface area (Å²) >= 11 is 3.78. The van der Waals surface area contributed by atoms with E-state index < -0.39 is 0 Å². The van der Waals surface area contributed by atoms with Gasteiger partial charge in [0, 0.05) is 4.83 Å². The largest absolute Gasteiger partial charge is 0.0884 e. The molecule has 0 saturated heterocycles. The minimum atomic E-state index is 0.588. The summed E-state index contributed by atoms with van der Waals surface area (Å²) in [5, 5.41) is 0. The van der Waals surface area contributed by atoms with E-state index in [1.165, 1.54) is 12.0 Å². The number of benzene rings is 1. The quantitative estimate of drug-likeness (QED) is 0.690. The van der Waals surface area contributed by atoms with Gasteiger partial charge in [-0.1, -0.05) is 67.0 Å². The molecule has 0 aromatic heterocycles. The van der Waals surface area contributed by atoms with Gasteiger partial charge in [-0.15, -0.1) is 0 Å². The second-order valence-corrected chi connectivity index (χ2v) is 5.28. The zero-order valence-electron chi connectivity index (χ0n) is 9.20. The van der Waals surface area contributed by atoms with Crippen molar-refractivity contribution in [3.63, 3.8) is 0 Å². The Morgan fingerprint density at radius 1 is 1.14 bits per heavy atom. The second-order valence-electron chi connectivity index (χ2n) is 4.10. The van der Waals surface area contributed by atoms with Crippen molar-refractivity contribution in [1.82, 2.24) is 0 Å². The van der Waals surface area contributed by atoms with E-state index in [1.807, 2.05) is 0 Å². The van der Waals surface area contributed by atoms with Gasteiger partial charge < -0.3 is 0 Å². The highest BCUT2D eigenvalue weighted by atomic mass is 79.9. The van der Waals surface area contributed by atoms with E-state index in [1.54, 1.807) is 0 Å². The molecule has 0 N–H and O–H groups in total. The molecule has 78 valence electrons. The standard InChI is InChI=1S/C13H19Br/c1-4-12(14)13(10(2)3)11-8-6-5-7-9-11/h5-10,12-13H,4H2,1-3H3. The summed E-state index contributed by atoms with van der Waals surface area (Å²) in [6.45, 7) is 6.82. The Hall–Kier alpha value is -0.300. The lowest BCUT2D eigenvalue weighted by Gasteiger charge is -2.25. The third-order valence-electron chi connectivity index (χ3n) is 2.68. The predicted molar refractivity (Wildman–Crippen MR) is 67.0 cm³/mol. The van der Waals surface area contributed by atoms with Gasteiger partial charge in [-0.25, -0.2) is 0 Å². The maximum absolute atomic E-state index is 3.78. The first-order chi connectivity index (χ1) is 6.66. The van der Waals surface area contributed by atoms with E-state index in [0.717, 1.165) is 0 Å². The third kappa shape index (κ3) is 2.84. The molecule has 0 aliphatic rings. The Morgan fingerprint density at radius 2 is 1.71 bits per heavy atom. The third-order valence-corrected chi connectivity index (χ3v) is 3.90. The number of halogens is 1. The molecule has 2 unspecified atom stereocenters. The van der Waals surface area contributed by atoms with Crippen molar-refractivity contribution < 1.29 is 0 Å². The van der Waals surface area contributed by atoms with E-state index in [4.69, 9.17) is 0 Å². The summed E-state index contributed by atoms with van der Waals surface area (Å²) in [4.78, 5) is 0.588. The summed E-state index contributed by atoms with van der Waals surface area (Å²) in [6.07, 6.45) is 1.18. The summed E-state index contributed by atoms with van der Waals surface area (Å²) in [6, 6.07) is 10.8.